The summed E-state index contributed by atoms with van der Waals surface area (Å²) in [6, 6.07) is 9.83. The molecule has 5 nitrogen and oxygen atoms in total. The number of benzene rings is 1. The Hall–Kier alpha value is -2.11. The predicted octanol–water partition coefficient (Wildman–Crippen LogP) is 3.43. The highest BCUT2D eigenvalue weighted by Crippen LogP contribution is 2.19. The maximum Gasteiger partial charge on any atom is 0.324 e. The summed E-state index contributed by atoms with van der Waals surface area (Å²) in [6.07, 6.45) is 0.945. The third-order valence-electron chi connectivity index (χ3n) is 2.62. The van der Waals surface area contributed by atoms with Gasteiger partial charge in [0.25, 0.3) is 0 Å². The molecule has 0 fully saturated rings. The lowest BCUT2D eigenvalue weighted by Crippen LogP contribution is -2.20. The van der Waals surface area contributed by atoms with Gasteiger partial charge in [-0.3, -0.25) is 5.32 Å². The Morgan fingerprint density at radius 2 is 2.10 bits per heavy atom. The lowest BCUT2D eigenvalue weighted by atomic mass is 10.1. The van der Waals surface area contributed by atoms with Crippen LogP contribution in [-0.4, -0.2) is 16.1 Å². The van der Waals surface area contributed by atoms with E-state index in [0.717, 1.165) is 5.56 Å². The molecule has 0 aliphatic heterocycles. The van der Waals surface area contributed by atoms with Crippen molar-refractivity contribution in [3.8, 4) is 0 Å². The fraction of sp³-hybridized carbons (Fsp3) is 0.143. The largest absolute Gasteiger partial charge is 0.389 e. The second-order valence-corrected chi connectivity index (χ2v) is 4.62. The number of hydrogen-bond acceptors (Lipinski definition) is 3. The summed E-state index contributed by atoms with van der Waals surface area (Å²) >= 11 is 5.90. The van der Waals surface area contributed by atoms with Gasteiger partial charge in [0.1, 0.15) is 0 Å². The van der Waals surface area contributed by atoms with Crippen molar-refractivity contribution in [1.29, 1.82) is 0 Å². The number of aliphatic hydroxyl groups excluding tert-OH is 1. The lowest BCUT2D eigenvalue weighted by Gasteiger charge is -2.10. The number of nitrogens with zero attached hydrogens (tertiary/aromatic N) is 1. The van der Waals surface area contributed by atoms with Crippen LogP contribution in [0.1, 0.15) is 18.6 Å². The number of carbonyl (C=O) groups is 1. The SMILES string of the molecule is CC(O)c1cccc(NC(=O)Nc2ncccc2Cl)c1. The number of urea groups is 1. The maximum absolute atomic E-state index is 11.8. The van der Waals surface area contributed by atoms with Crippen LogP contribution in [0.3, 0.4) is 0 Å². The zero-order valence-electron chi connectivity index (χ0n) is 10.8. The molecule has 0 aliphatic rings. The second-order valence-electron chi connectivity index (χ2n) is 4.21. The number of pyridine rings is 1. The van der Waals surface area contributed by atoms with E-state index in [4.69, 9.17) is 11.6 Å². The fourth-order valence-electron chi connectivity index (χ4n) is 1.62. The number of anilines is 2. The molecule has 1 aromatic carbocycles. The molecule has 0 radical (unpaired) electrons. The zero-order valence-corrected chi connectivity index (χ0v) is 11.6. The molecular weight excluding hydrogens is 278 g/mol. The molecule has 3 N–H and O–H groups in total. The van der Waals surface area contributed by atoms with Crippen molar-refractivity contribution in [2.24, 2.45) is 0 Å². The Bertz CT molecular complexity index is 617. The monoisotopic (exact) mass is 291 g/mol. The van der Waals surface area contributed by atoms with Crippen molar-refractivity contribution >= 4 is 29.1 Å². The van der Waals surface area contributed by atoms with E-state index in [9.17, 15) is 9.90 Å². The molecule has 20 heavy (non-hydrogen) atoms. The van der Waals surface area contributed by atoms with Crippen molar-refractivity contribution < 1.29 is 9.90 Å². The molecule has 6 heteroatoms. The van der Waals surface area contributed by atoms with Crippen LogP contribution in [0.4, 0.5) is 16.3 Å². The van der Waals surface area contributed by atoms with Crippen LogP contribution < -0.4 is 10.6 Å². The standard InChI is InChI=1S/C14H14ClN3O2/c1-9(19)10-4-2-5-11(8-10)17-14(20)18-13-12(15)6-3-7-16-13/h2-9,19H,1H3,(H2,16,17,18,20). The molecule has 0 aliphatic carbocycles. The molecule has 0 saturated carbocycles. The Kier molecular flexibility index (Phi) is 4.55. The minimum Gasteiger partial charge on any atom is -0.389 e. The summed E-state index contributed by atoms with van der Waals surface area (Å²) in [5.74, 6) is 0.290. The molecule has 1 unspecified atom stereocenters. The van der Waals surface area contributed by atoms with Gasteiger partial charge in [-0.25, -0.2) is 9.78 Å². The summed E-state index contributed by atoms with van der Waals surface area (Å²) in [5.41, 5.74) is 1.30. The molecule has 1 heterocycles. The van der Waals surface area contributed by atoms with Crippen molar-refractivity contribution in [2.45, 2.75) is 13.0 Å². The molecular formula is C14H14ClN3O2. The van der Waals surface area contributed by atoms with Gasteiger partial charge in [-0.05, 0) is 36.8 Å². The number of hydrogen-bond donors (Lipinski definition) is 3. The van der Waals surface area contributed by atoms with Gasteiger partial charge in [-0.2, -0.15) is 0 Å². The molecule has 0 bridgehead atoms. The minimum absolute atomic E-state index is 0.290. The Balaban J connectivity index is 2.05. The van der Waals surface area contributed by atoms with Crippen molar-refractivity contribution in [3.63, 3.8) is 0 Å². The summed E-state index contributed by atoms with van der Waals surface area (Å²) in [7, 11) is 0. The van der Waals surface area contributed by atoms with E-state index in [0.29, 0.717) is 16.5 Å². The molecule has 2 rings (SSSR count). The number of halogens is 1. The second kappa shape index (κ2) is 6.36. The third-order valence-corrected chi connectivity index (χ3v) is 2.92. The summed E-state index contributed by atoms with van der Waals surface area (Å²) in [4.78, 5) is 15.8. The van der Waals surface area contributed by atoms with Gasteiger partial charge in [-0.1, -0.05) is 23.7 Å². The molecule has 2 amide bonds. The van der Waals surface area contributed by atoms with E-state index in [1.807, 2.05) is 0 Å². The quantitative estimate of drug-likeness (QED) is 0.811. The van der Waals surface area contributed by atoms with Crippen molar-refractivity contribution in [2.75, 3.05) is 10.6 Å². The molecule has 0 saturated heterocycles. The van der Waals surface area contributed by atoms with Gasteiger partial charge in [0.05, 0.1) is 11.1 Å². The van der Waals surface area contributed by atoms with Crippen molar-refractivity contribution in [1.82, 2.24) is 4.98 Å². The molecule has 1 aromatic heterocycles. The van der Waals surface area contributed by atoms with E-state index in [2.05, 4.69) is 15.6 Å². The Morgan fingerprint density at radius 3 is 2.80 bits per heavy atom. The predicted molar refractivity (Wildman–Crippen MR) is 79.0 cm³/mol. The van der Waals surface area contributed by atoms with Gasteiger partial charge in [0.2, 0.25) is 0 Å². The first-order valence-electron chi connectivity index (χ1n) is 6.03. The highest BCUT2D eigenvalue weighted by molar-refractivity contribution is 6.33. The summed E-state index contributed by atoms with van der Waals surface area (Å²) in [6.45, 7) is 1.66. The normalized spacial score (nSPS) is 11.8. The number of aliphatic hydroxyl groups is 1. The zero-order chi connectivity index (χ0) is 14.5. The average Bonchev–Trinajstić information content (AvgIpc) is 2.41. The first-order valence-corrected chi connectivity index (χ1v) is 6.40. The molecule has 1 atom stereocenters. The van der Waals surface area contributed by atoms with Gasteiger partial charge >= 0.3 is 6.03 Å². The minimum atomic E-state index is -0.593. The van der Waals surface area contributed by atoms with Crippen LogP contribution in [0.25, 0.3) is 0 Å². The Labute approximate surface area is 121 Å². The number of nitrogens with one attached hydrogen (secondary N) is 2. The van der Waals surface area contributed by atoms with Crippen LogP contribution >= 0.6 is 11.6 Å². The number of carbonyl (C=O) groups excluding carboxylic acids is 1. The highest BCUT2D eigenvalue weighted by Gasteiger charge is 2.07. The van der Waals surface area contributed by atoms with Crippen molar-refractivity contribution in [3.05, 3.63) is 53.2 Å². The molecule has 0 spiro atoms. The average molecular weight is 292 g/mol. The van der Waals surface area contributed by atoms with Crippen LogP contribution in [0.5, 0.6) is 0 Å². The van der Waals surface area contributed by atoms with Gasteiger partial charge in [0, 0.05) is 11.9 Å². The van der Waals surface area contributed by atoms with E-state index in [-0.39, 0.29) is 0 Å². The Morgan fingerprint density at radius 1 is 1.30 bits per heavy atom. The van der Waals surface area contributed by atoms with E-state index in [1.54, 1.807) is 43.3 Å². The first-order chi connectivity index (χ1) is 9.56. The molecule has 104 valence electrons. The van der Waals surface area contributed by atoms with Crippen LogP contribution in [0, 0.1) is 0 Å². The molecule has 2 aromatic rings. The topological polar surface area (TPSA) is 74.2 Å². The fourth-order valence-corrected chi connectivity index (χ4v) is 1.79. The summed E-state index contributed by atoms with van der Waals surface area (Å²) in [5, 5.41) is 15.1. The first kappa shape index (κ1) is 14.3. The number of amides is 2. The van der Waals surface area contributed by atoms with E-state index < -0.39 is 12.1 Å². The van der Waals surface area contributed by atoms with Crippen LogP contribution in [0.2, 0.25) is 5.02 Å². The van der Waals surface area contributed by atoms with Gasteiger partial charge < -0.3 is 10.4 Å². The van der Waals surface area contributed by atoms with Crippen LogP contribution in [0.15, 0.2) is 42.6 Å². The highest BCUT2D eigenvalue weighted by atomic mass is 35.5. The lowest BCUT2D eigenvalue weighted by molar-refractivity contribution is 0.199. The smallest absolute Gasteiger partial charge is 0.324 e. The summed E-state index contributed by atoms with van der Waals surface area (Å²) < 4.78 is 0. The van der Waals surface area contributed by atoms with Crippen LogP contribution in [-0.2, 0) is 0 Å². The maximum atomic E-state index is 11.8. The van der Waals surface area contributed by atoms with E-state index in [1.165, 1.54) is 6.20 Å². The van der Waals surface area contributed by atoms with Gasteiger partial charge in [-0.15, -0.1) is 0 Å². The number of rotatable bonds is 3. The third kappa shape index (κ3) is 3.69. The van der Waals surface area contributed by atoms with E-state index >= 15 is 0 Å². The number of aromatic nitrogens is 1. The van der Waals surface area contributed by atoms with Gasteiger partial charge in [0.15, 0.2) is 5.82 Å².